The highest BCUT2D eigenvalue weighted by Crippen LogP contribution is 2.46. The van der Waals surface area contributed by atoms with Crippen molar-refractivity contribution in [3.05, 3.63) is 53.6 Å². The van der Waals surface area contributed by atoms with E-state index < -0.39 is 15.4 Å². The quantitative estimate of drug-likeness (QED) is 0.872. The summed E-state index contributed by atoms with van der Waals surface area (Å²) in [6, 6.07) is 13.1. The van der Waals surface area contributed by atoms with Crippen LogP contribution in [0, 0.1) is 11.3 Å². The number of anilines is 1. The second-order valence-corrected chi connectivity index (χ2v) is 8.61. The van der Waals surface area contributed by atoms with Crippen LogP contribution in [0.15, 0.2) is 47.4 Å². The molecule has 138 valence electrons. The Labute approximate surface area is 157 Å². The predicted octanol–water partition coefficient (Wildman–Crippen LogP) is 1.85. The van der Waals surface area contributed by atoms with E-state index in [2.05, 4.69) is 5.32 Å². The Balaban J connectivity index is 1.69. The van der Waals surface area contributed by atoms with Crippen molar-refractivity contribution in [1.29, 1.82) is 5.26 Å². The van der Waals surface area contributed by atoms with E-state index in [0.29, 0.717) is 23.4 Å². The highest BCUT2D eigenvalue weighted by atomic mass is 32.2. The highest BCUT2D eigenvalue weighted by molar-refractivity contribution is 7.89. The summed E-state index contributed by atoms with van der Waals surface area (Å²) in [5, 5.41) is 11.7. The molecular formula is C19H17N3O4S. The number of sulfonamides is 1. The molecular weight excluding hydrogens is 366 g/mol. The Morgan fingerprint density at radius 2 is 1.96 bits per heavy atom. The van der Waals surface area contributed by atoms with Crippen LogP contribution in [0.25, 0.3) is 0 Å². The minimum Gasteiger partial charge on any atom is -0.497 e. The minimum atomic E-state index is -3.76. The molecule has 8 heteroatoms. The van der Waals surface area contributed by atoms with Crippen molar-refractivity contribution in [1.82, 2.24) is 4.31 Å². The van der Waals surface area contributed by atoms with Crippen molar-refractivity contribution in [3.63, 3.8) is 0 Å². The molecule has 4 rings (SSSR count). The highest BCUT2D eigenvalue weighted by Gasteiger charge is 2.53. The van der Waals surface area contributed by atoms with E-state index >= 15 is 0 Å². The van der Waals surface area contributed by atoms with Crippen LogP contribution in [0.1, 0.15) is 17.5 Å². The summed E-state index contributed by atoms with van der Waals surface area (Å²) in [6.45, 7) is 0.313. The molecule has 0 aromatic heterocycles. The third-order valence-electron chi connectivity index (χ3n) is 5.28. The smallest absolute Gasteiger partial charge is 0.243 e. The SMILES string of the molecule is COc1ccc2c(c1)[C@]1(CCN(S(=O)(=O)c3ccc(C#N)cc3)C1)C(=O)N2. The van der Waals surface area contributed by atoms with Gasteiger partial charge in [0, 0.05) is 18.8 Å². The molecule has 1 atom stereocenters. The summed E-state index contributed by atoms with van der Waals surface area (Å²) >= 11 is 0. The van der Waals surface area contributed by atoms with Gasteiger partial charge in [-0.2, -0.15) is 9.57 Å². The molecule has 7 nitrogen and oxygen atoms in total. The zero-order valence-corrected chi connectivity index (χ0v) is 15.4. The van der Waals surface area contributed by atoms with Crippen LogP contribution in [0.5, 0.6) is 5.75 Å². The Hall–Kier alpha value is -2.89. The molecule has 0 unspecified atom stereocenters. The van der Waals surface area contributed by atoms with Gasteiger partial charge in [0.1, 0.15) is 5.75 Å². The summed E-state index contributed by atoms with van der Waals surface area (Å²) in [5.74, 6) is 0.432. The number of nitrogens with one attached hydrogen (secondary N) is 1. The molecule has 2 aromatic rings. The van der Waals surface area contributed by atoms with Crippen LogP contribution >= 0.6 is 0 Å². The van der Waals surface area contributed by atoms with E-state index in [1.807, 2.05) is 6.07 Å². The van der Waals surface area contributed by atoms with Gasteiger partial charge < -0.3 is 10.1 Å². The molecule has 1 N–H and O–H groups in total. The van der Waals surface area contributed by atoms with Gasteiger partial charge in [-0.05, 0) is 54.4 Å². The summed E-state index contributed by atoms with van der Waals surface area (Å²) in [4.78, 5) is 12.9. The molecule has 0 radical (unpaired) electrons. The molecule has 0 saturated carbocycles. The predicted molar refractivity (Wildman–Crippen MR) is 97.8 cm³/mol. The molecule has 2 heterocycles. The first-order valence-corrected chi connectivity index (χ1v) is 9.85. The van der Waals surface area contributed by atoms with Crippen molar-refractivity contribution in [2.45, 2.75) is 16.7 Å². The Kier molecular flexibility index (Phi) is 3.94. The monoisotopic (exact) mass is 383 g/mol. The number of nitriles is 1. The van der Waals surface area contributed by atoms with E-state index in [4.69, 9.17) is 10.00 Å². The van der Waals surface area contributed by atoms with Gasteiger partial charge in [0.05, 0.1) is 29.1 Å². The maximum atomic E-state index is 13.0. The van der Waals surface area contributed by atoms with Crippen LogP contribution in [0.2, 0.25) is 0 Å². The van der Waals surface area contributed by atoms with Crippen molar-refractivity contribution < 1.29 is 17.9 Å². The molecule has 2 aromatic carbocycles. The fraction of sp³-hybridized carbons (Fsp3) is 0.263. The molecule has 1 amide bonds. The van der Waals surface area contributed by atoms with Crippen molar-refractivity contribution in [2.75, 3.05) is 25.5 Å². The number of carbonyl (C=O) groups excluding carboxylic acids is 1. The number of rotatable bonds is 3. The number of carbonyl (C=O) groups is 1. The van der Waals surface area contributed by atoms with Gasteiger partial charge in [0.15, 0.2) is 0 Å². The molecule has 0 aliphatic carbocycles. The van der Waals surface area contributed by atoms with Crippen LogP contribution in [0.3, 0.4) is 0 Å². The maximum Gasteiger partial charge on any atom is 0.243 e. The van der Waals surface area contributed by atoms with Gasteiger partial charge in [-0.3, -0.25) is 4.79 Å². The van der Waals surface area contributed by atoms with Gasteiger partial charge in [0.25, 0.3) is 0 Å². The number of hydrogen-bond donors (Lipinski definition) is 1. The molecule has 1 fully saturated rings. The third kappa shape index (κ3) is 2.59. The van der Waals surface area contributed by atoms with Gasteiger partial charge >= 0.3 is 0 Å². The number of amides is 1. The Morgan fingerprint density at radius 3 is 2.63 bits per heavy atom. The topological polar surface area (TPSA) is 99.5 Å². The molecule has 2 aliphatic rings. The summed E-state index contributed by atoms with van der Waals surface area (Å²) in [7, 11) is -2.21. The number of ether oxygens (including phenoxy) is 1. The fourth-order valence-electron chi connectivity index (χ4n) is 3.76. The first-order valence-electron chi connectivity index (χ1n) is 8.41. The van der Waals surface area contributed by atoms with Gasteiger partial charge in [-0.25, -0.2) is 8.42 Å². The van der Waals surface area contributed by atoms with Crippen LogP contribution in [0.4, 0.5) is 5.69 Å². The number of nitrogens with zero attached hydrogens (tertiary/aromatic N) is 2. The summed E-state index contributed by atoms with van der Waals surface area (Å²) in [5.41, 5.74) is 0.939. The number of benzene rings is 2. The second kappa shape index (κ2) is 6.08. The van der Waals surface area contributed by atoms with Crippen LogP contribution in [-0.2, 0) is 20.2 Å². The van der Waals surface area contributed by atoms with Crippen molar-refractivity contribution >= 4 is 21.6 Å². The third-order valence-corrected chi connectivity index (χ3v) is 7.14. The molecule has 0 bridgehead atoms. The molecule has 2 aliphatic heterocycles. The van der Waals surface area contributed by atoms with Crippen molar-refractivity contribution in [2.24, 2.45) is 0 Å². The van der Waals surface area contributed by atoms with Gasteiger partial charge in [-0.1, -0.05) is 0 Å². The fourth-order valence-corrected chi connectivity index (χ4v) is 5.26. The lowest BCUT2D eigenvalue weighted by atomic mass is 9.81. The standard InChI is InChI=1S/C19H17N3O4S/c1-26-14-4-7-17-16(10-14)19(18(23)21-17)8-9-22(12-19)27(24,25)15-5-2-13(11-20)3-6-15/h2-7,10H,8-9,12H2,1H3,(H,21,23)/t19-/m1/s1. The average Bonchev–Trinajstić information content (AvgIpc) is 3.25. The normalized spacial score (nSPS) is 21.7. The van der Waals surface area contributed by atoms with E-state index in [9.17, 15) is 13.2 Å². The molecule has 1 spiro atoms. The first kappa shape index (κ1) is 17.5. The largest absolute Gasteiger partial charge is 0.497 e. The minimum absolute atomic E-state index is 0.0708. The van der Waals surface area contributed by atoms with E-state index in [1.165, 1.54) is 28.6 Å². The zero-order chi connectivity index (χ0) is 19.2. The molecule has 1 saturated heterocycles. The Morgan fingerprint density at radius 1 is 1.22 bits per heavy atom. The Bertz CT molecular complexity index is 1070. The number of methoxy groups -OCH3 is 1. The molecule has 27 heavy (non-hydrogen) atoms. The number of hydrogen-bond acceptors (Lipinski definition) is 5. The maximum absolute atomic E-state index is 13.0. The summed E-state index contributed by atoms with van der Waals surface area (Å²) in [6.07, 6.45) is 0.397. The van der Waals surface area contributed by atoms with E-state index in [-0.39, 0.29) is 23.9 Å². The lowest BCUT2D eigenvalue weighted by Gasteiger charge is -2.22. The zero-order valence-electron chi connectivity index (χ0n) is 14.6. The number of fused-ring (bicyclic) bond motifs is 2. The lowest BCUT2D eigenvalue weighted by Crippen LogP contribution is -2.39. The van der Waals surface area contributed by atoms with E-state index in [0.717, 1.165) is 5.56 Å². The summed E-state index contributed by atoms with van der Waals surface area (Å²) < 4.78 is 32.6. The van der Waals surface area contributed by atoms with Crippen LogP contribution in [-0.4, -0.2) is 38.8 Å². The average molecular weight is 383 g/mol. The van der Waals surface area contributed by atoms with E-state index in [1.54, 1.807) is 25.3 Å². The van der Waals surface area contributed by atoms with Crippen molar-refractivity contribution in [3.8, 4) is 11.8 Å². The first-order chi connectivity index (χ1) is 12.9. The van der Waals surface area contributed by atoms with Gasteiger partial charge in [-0.15, -0.1) is 0 Å². The lowest BCUT2D eigenvalue weighted by molar-refractivity contribution is -0.120. The second-order valence-electron chi connectivity index (χ2n) is 6.67. The van der Waals surface area contributed by atoms with Gasteiger partial charge in [0.2, 0.25) is 15.9 Å². The van der Waals surface area contributed by atoms with Crippen LogP contribution < -0.4 is 10.1 Å².